The topological polar surface area (TPSA) is 122 Å². The van der Waals surface area contributed by atoms with Gasteiger partial charge in [0, 0.05) is 12.1 Å². The zero-order valence-electron chi connectivity index (χ0n) is 20.0. The molecule has 10 nitrogen and oxygen atoms in total. The molecule has 0 saturated heterocycles. The fraction of sp³-hybridized carbons (Fsp3) is 0.240. The van der Waals surface area contributed by atoms with Crippen molar-refractivity contribution in [3.63, 3.8) is 0 Å². The number of carbonyl (C=O) groups excluding carboxylic acids is 1. The molecule has 0 fully saturated rings. The second-order valence-electron chi connectivity index (χ2n) is 7.77. The lowest BCUT2D eigenvalue weighted by molar-refractivity contribution is -0.384. The number of nitro benzene ring substituents is 1. The normalized spacial score (nSPS) is 15.2. The average Bonchev–Trinajstić information content (AvgIpc) is 3.17. The number of carbonyl (C=O) groups is 1. The van der Waals surface area contributed by atoms with Gasteiger partial charge in [0.25, 0.3) is 11.2 Å². The molecule has 36 heavy (non-hydrogen) atoms. The third-order valence-corrected chi connectivity index (χ3v) is 6.60. The molecule has 2 aromatic carbocycles. The van der Waals surface area contributed by atoms with Crippen molar-refractivity contribution in [2.24, 2.45) is 4.99 Å². The molecule has 1 unspecified atom stereocenters. The zero-order valence-corrected chi connectivity index (χ0v) is 20.8. The monoisotopic (exact) mass is 509 g/mol. The van der Waals surface area contributed by atoms with Crippen LogP contribution in [-0.2, 0) is 9.53 Å². The third kappa shape index (κ3) is 4.52. The lowest BCUT2D eigenvalue weighted by atomic mass is 9.95. The van der Waals surface area contributed by atoms with Gasteiger partial charge in [-0.2, -0.15) is 0 Å². The highest BCUT2D eigenvalue weighted by molar-refractivity contribution is 7.07. The molecule has 11 heteroatoms. The van der Waals surface area contributed by atoms with E-state index in [1.54, 1.807) is 50.3 Å². The molecule has 0 spiro atoms. The largest absolute Gasteiger partial charge is 0.493 e. The average molecular weight is 510 g/mol. The van der Waals surface area contributed by atoms with Crippen molar-refractivity contribution in [2.75, 3.05) is 20.8 Å². The summed E-state index contributed by atoms with van der Waals surface area (Å²) in [6, 6.07) is 10.3. The van der Waals surface area contributed by atoms with Crippen molar-refractivity contribution in [3.05, 3.63) is 94.7 Å². The Hall–Kier alpha value is -4.25. The molecule has 0 aliphatic carbocycles. The number of nitrogens with zero attached hydrogens (tertiary/aromatic N) is 3. The number of benzene rings is 2. The Morgan fingerprint density at radius 1 is 1.19 bits per heavy atom. The standard InChI is InChI=1S/C25H23N3O7S/c1-5-35-24(30)21-14(2)26-25-27(22(21)16-9-10-18(33-3)19(13-16)34-4)23(29)20(36-25)12-15-7-6-8-17(11-15)28(31)32/h6-13,22H,5H2,1-4H3/b20-12+. The zero-order chi connectivity index (χ0) is 26.0. The second kappa shape index (κ2) is 10.2. The van der Waals surface area contributed by atoms with Crippen LogP contribution in [0.15, 0.2) is 63.5 Å². The molecular weight excluding hydrogens is 486 g/mol. The van der Waals surface area contributed by atoms with Gasteiger partial charge in [0.1, 0.15) is 0 Å². The van der Waals surface area contributed by atoms with Crippen LogP contribution in [-0.4, -0.2) is 36.3 Å². The highest BCUT2D eigenvalue weighted by Gasteiger charge is 2.33. The number of hydrogen-bond donors (Lipinski definition) is 0. The van der Waals surface area contributed by atoms with E-state index in [1.165, 1.54) is 30.9 Å². The number of methoxy groups -OCH3 is 2. The predicted octanol–water partition coefficient (Wildman–Crippen LogP) is 2.72. The van der Waals surface area contributed by atoms with E-state index in [2.05, 4.69) is 4.99 Å². The maximum atomic E-state index is 13.6. The Kier molecular flexibility index (Phi) is 7.02. The summed E-state index contributed by atoms with van der Waals surface area (Å²) < 4.78 is 17.8. The Bertz CT molecular complexity index is 1570. The third-order valence-electron chi connectivity index (χ3n) is 5.62. The number of ether oxygens (including phenoxy) is 3. The Balaban J connectivity index is 1.96. The van der Waals surface area contributed by atoms with E-state index in [4.69, 9.17) is 14.2 Å². The first-order valence-corrected chi connectivity index (χ1v) is 11.8. The Morgan fingerprint density at radius 3 is 2.61 bits per heavy atom. The summed E-state index contributed by atoms with van der Waals surface area (Å²) in [5, 5.41) is 11.2. The minimum atomic E-state index is -0.827. The molecule has 4 rings (SSSR count). The molecule has 3 aromatic rings. The smallest absolute Gasteiger partial charge is 0.338 e. The number of rotatable bonds is 7. The van der Waals surface area contributed by atoms with Crippen molar-refractivity contribution in [2.45, 2.75) is 19.9 Å². The lowest BCUT2D eigenvalue weighted by Gasteiger charge is -2.25. The van der Waals surface area contributed by atoms with E-state index in [0.29, 0.717) is 37.7 Å². The van der Waals surface area contributed by atoms with Crippen LogP contribution in [0.4, 0.5) is 5.69 Å². The SMILES string of the molecule is CCOC(=O)C1=C(C)N=c2s/c(=C/c3cccc([N+](=O)[O-])c3)c(=O)n2C1c1ccc(OC)c(OC)c1. The molecular formula is C25H23N3O7S. The predicted molar refractivity (Wildman–Crippen MR) is 133 cm³/mol. The van der Waals surface area contributed by atoms with Crippen LogP contribution in [0.3, 0.4) is 0 Å². The van der Waals surface area contributed by atoms with Gasteiger partial charge in [0.15, 0.2) is 16.3 Å². The van der Waals surface area contributed by atoms with E-state index < -0.39 is 16.9 Å². The molecule has 1 aromatic heterocycles. The van der Waals surface area contributed by atoms with Crippen LogP contribution >= 0.6 is 11.3 Å². The van der Waals surface area contributed by atoms with Crippen molar-refractivity contribution in [1.82, 2.24) is 4.57 Å². The number of aromatic nitrogens is 1. The molecule has 186 valence electrons. The van der Waals surface area contributed by atoms with Crippen LogP contribution in [0.25, 0.3) is 6.08 Å². The van der Waals surface area contributed by atoms with Crippen LogP contribution < -0.4 is 24.4 Å². The van der Waals surface area contributed by atoms with Gasteiger partial charge in [-0.1, -0.05) is 29.5 Å². The fourth-order valence-corrected chi connectivity index (χ4v) is 5.06. The highest BCUT2D eigenvalue weighted by atomic mass is 32.1. The maximum Gasteiger partial charge on any atom is 0.338 e. The maximum absolute atomic E-state index is 13.6. The van der Waals surface area contributed by atoms with Gasteiger partial charge < -0.3 is 14.2 Å². The molecule has 0 bridgehead atoms. The minimum absolute atomic E-state index is 0.0832. The van der Waals surface area contributed by atoms with Crippen LogP contribution in [0.5, 0.6) is 11.5 Å². The van der Waals surface area contributed by atoms with Gasteiger partial charge in [0.2, 0.25) is 0 Å². The van der Waals surface area contributed by atoms with E-state index in [0.717, 1.165) is 11.3 Å². The summed E-state index contributed by atoms with van der Waals surface area (Å²) in [6.45, 7) is 3.55. The van der Waals surface area contributed by atoms with Gasteiger partial charge in [-0.15, -0.1) is 0 Å². The minimum Gasteiger partial charge on any atom is -0.493 e. The number of fused-ring (bicyclic) bond motifs is 1. The number of esters is 1. The van der Waals surface area contributed by atoms with E-state index >= 15 is 0 Å². The van der Waals surface area contributed by atoms with Crippen molar-refractivity contribution in [1.29, 1.82) is 0 Å². The lowest BCUT2D eigenvalue weighted by Crippen LogP contribution is -2.39. The summed E-state index contributed by atoms with van der Waals surface area (Å²) in [4.78, 5) is 42.2. The Labute approximate surface area is 209 Å². The Morgan fingerprint density at radius 2 is 1.94 bits per heavy atom. The number of hydrogen-bond acceptors (Lipinski definition) is 9. The van der Waals surface area contributed by atoms with Crippen molar-refractivity contribution < 1.29 is 23.9 Å². The molecule has 2 heterocycles. The molecule has 0 amide bonds. The second-order valence-corrected chi connectivity index (χ2v) is 8.78. The fourth-order valence-electron chi connectivity index (χ4n) is 4.01. The van der Waals surface area contributed by atoms with Crippen LogP contribution in [0.1, 0.15) is 31.0 Å². The van der Waals surface area contributed by atoms with Crippen LogP contribution in [0, 0.1) is 10.1 Å². The molecule has 1 atom stereocenters. The van der Waals surface area contributed by atoms with Gasteiger partial charge in [-0.25, -0.2) is 9.79 Å². The van der Waals surface area contributed by atoms with E-state index in [1.807, 2.05) is 0 Å². The number of allylic oxidation sites excluding steroid dienone is 1. The van der Waals surface area contributed by atoms with Gasteiger partial charge >= 0.3 is 5.97 Å². The van der Waals surface area contributed by atoms with Gasteiger partial charge in [-0.05, 0) is 43.2 Å². The first-order chi connectivity index (χ1) is 17.3. The van der Waals surface area contributed by atoms with Crippen molar-refractivity contribution >= 4 is 29.1 Å². The van der Waals surface area contributed by atoms with Crippen LogP contribution in [0.2, 0.25) is 0 Å². The number of non-ortho nitro benzene ring substituents is 1. The molecule has 1 aliphatic rings. The first-order valence-electron chi connectivity index (χ1n) is 10.9. The van der Waals surface area contributed by atoms with E-state index in [-0.39, 0.29) is 23.4 Å². The summed E-state index contributed by atoms with van der Waals surface area (Å²) >= 11 is 1.13. The van der Waals surface area contributed by atoms with Gasteiger partial charge in [-0.3, -0.25) is 19.5 Å². The quantitative estimate of drug-likeness (QED) is 0.273. The molecule has 0 N–H and O–H groups in total. The number of nitro groups is 1. The van der Waals surface area contributed by atoms with Crippen molar-refractivity contribution in [3.8, 4) is 11.5 Å². The highest BCUT2D eigenvalue weighted by Crippen LogP contribution is 2.36. The summed E-state index contributed by atoms with van der Waals surface area (Å²) in [7, 11) is 3.02. The summed E-state index contributed by atoms with van der Waals surface area (Å²) in [5.74, 6) is 0.357. The number of thiazole rings is 1. The molecule has 1 aliphatic heterocycles. The first kappa shape index (κ1) is 24.9. The summed E-state index contributed by atoms with van der Waals surface area (Å²) in [6.07, 6.45) is 1.58. The van der Waals surface area contributed by atoms with E-state index in [9.17, 15) is 19.7 Å². The molecule has 0 radical (unpaired) electrons. The summed E-state index contributed by atoms with van der Waals surface area (Å²) in [5.41, 5.74) is 1.29. The van der Waals surface area contributed by atoms with Gasteiger partial charge in [0.05, 0.1) is 47.6 Å². The molecule has 0 saturated carbocycles.